The number of methoxy groups -OCH3 is 1. The Hall–Kier alpha value is -3.22. The summed E-state index contributed by atoms with van der Waals surface area (Å²) < 4.78 is 4.80. The largest absolute Gasteiger partial charge is 0.465 e. The van der Waals surface area contributed by atoms with Gasteiger partial charge in [-0.25, -0.2) is 9.78 Å². The zero-order valence-electron chi connectivity index (χ0n) is 16.2. The Morgan fingerprint density at radius 3 is 2.53 bits per heavy atom. The van der Waals surface area contributed by atoms with Crippen molar-refractivity contribution in [2.24, 2.45) is 0 Å². The predicted molar refractivity (Wildman–Crippen MR) is 121 cm³/mol. The third kappa shape index (κ3) is 3.67. The van der Waals surface area contributed by atoms with Crippen molar-refractivity contribution in [1.29, 1.82) is 0 Å². The molecule has 0 saturated heterocycles. The van der Waals surface area contributed by atoms with Gasteiger partial charge in [0.1, 0.15) is 4.88 Å². The van der Waals surface area contributed by atoms with Crippen LogP contribution in [0.15, 0.2) is 60.0 Å². The van der Waals surface area contributed by atoms with Gasteiger partial charge in [0.25, 0.3) is 5.91 Å². The van der Waals surface area contributed by atoms with Crippen molar-refractivity contribution in [2.75, 3.05) is 12.4 Å². The first-order valence-corrected chi connectivity index (χ1v) is 10.4. The van der Waals surface area contributed by atoms with E-state index in [4.69, 9.17) is 21.3 Å². The van der Waals surface area contributed by atoms with E-state index in [2.05, 4.69) is 5.32 Å². The molecule has 1 N–H and O–H groups in total. The highest BCUT2D eigenvalue weighted by Gasteiger charge is 2.21. The van der Waals surface area contributed by atoms with Crippen molar-refractivity contribution >= 4 is 51.4 Å². The van der Waals surface area contributed by atoms with Crippen molar-refractivity contribution in [3.63, 3.8) is 0 Å². The lowest BCUT2D eigenvalue weighted by atomic mass is 9.97. The fourth-order valence-electron chi connectivity index (χ4n) is 3.33. The Morgan fingerprint density at radius 1 is 1.07 bits per heavy atom. The number of fused-ring (bicyclic) bond motifs is 1. The van der Waals surface area contributed by atoms with Gasteiger partial charge in [-0.3, -0.25) is 4.79 Å². The van der Waals surface area contributed by atoms with Gasteiger partial charge < -0.3 is 10.1 Å². The quantitative estimate of drug-likeness (QED) is 0.400. The number of aromatic nitrogens is 1. The molecule has 0 aliphatic carbocycles. The first-order chi connectivity index (χ1) is 14.5. The van der Waals surface area contributed by atoms with Crippen LogP contribution in [0.3, 0.4) is 0 Å². The second kappa shape index (κ2) is 8.26. The third-order valence-corrected chi connectivity index (χ3v) is 5.91. The number of para-hydroxylation sites is 1. The molecule has 7 heteroatoms. The number of esters is 1. The van der Waals surface area contributed by atoms with Crippen molar-refractivity contribution in [3.05, 3.63) is 81.0 Å². The van der Waals surface area contributed by atoms with E-state index in [9.17, 15) is 9.59 Å². The van der Waals surface area contributed by atoms with Crippen LogP contribution in [0.25, 0.3) is 22.2 Å². The van der Waals surface area contributed by atoms with Crippen molar-refractivity contribution < 1.29 is 14.3 Å². The van der Waals surface area contributed by atoms with Gasteiger partial charge in [0.2, 0.25) is 0 Å². The molecule has 2 aromatic heterocycles. The molecule has 0 aliphatic heterocycles. The van der Waals surface area contributed by atoms with E-state index in [-0.39, 0.29) is 5.91 Å². The summed E-state index contributed by atoms with van der Waals surface area (Å²) >= 11 is 7.24. The van der Waals surface area contributed by atoms with Crippen molar-refractivity contribution in [1.82, 2.24) is 4.98 Å². The number of amides is 1. The van der Waals surface area contributed by atoms with Crippen molar-refractivity contribution in [2.45, 2.75) is 6.92 Å². The molecular formula is C23H17ClN2O3S. The number of carbonyl (C=O) groups is 2. The fourth-order valence-corrected chi connectivity index (χ4v) is 4.22. The zero-order valence-corrected chi connectivity index (χ0v) is 17.8. The average molecular weight is 437 g/mol. The zero-order chi connectivity index (χ0) is 21.3. The molecule has 0 aliphatic rings. The summed E-state index contributed by atoms with van der Waals surface area (Å²) in [6, 6.07) is 16.5. The normalized spacial score (nSPS) is 10.8. The Bertz CT molecular complexity index is 1270. The highest BCUT2D eigenvalue weighted by Crippen LogP contribution is 2.32. The van der Waals surface area contributed by atoms with Gasteiger partial charge in [0, 0.05) is 16.0 Å². The monoisotopic (exact) mass is 436 g/mol. The van der Waals surface area contributed by atoms with Gasteiger partial charge in [0.15, 0.2) is 0 Å². The summed E-state index contributed by atoms with van der Waals surface area (Å²) in [6.07, 6.45) is 0. The predicted octanol–water partition coefficient (Wildman–Crippen LogP) is 5.96. The number of anilines is 1. The lowest BCUT2D eigenvalue weighted by Gasteiger charge is -2.15. The summed E-state index contributed by atoms with van der Waals surface area (Å²) in [5, 5.41) is 5.96. The van der Waals surface area contributed by atoms with Crippen LogP contribution in [0.2, 0.25) is 5.02 Å². The molecule has 30 heavy (non-hydrogen) atoms. The molecule has 0 bridgehead atoms. The van der Waals surface area contributed by atoms with Gasteiger partial charge in [-0.05, 0) is 42.1 Å². The number of hydrogen-bond donors (Lipinski definition) is 1. The molecule has 0 radical (unpaired) electrons. The van der Waals surface area contributed by atoms with Crippen LogP contribution in [-0.4, -0.2) is 24.0 Å². The second-order valence-electron chi connectivity index (χ2n) is 6.59. The van der Waals surface area contributed by atoms with Crippen LogP contribution in [0, 0.1) is 6.92 Å². The fraction of sp³-hybridized carbons (Fsp3) is 0.0870. The second-order valence-corrected chi connectivity index (χ2v) is 7.95. The first-order valence-electron chi connectivity index (χ1n) is 9.12. The summed E-state index contributed by atoms with van der Waals surface area (Å²) in [5.74, 6) is -0.802. The van der Waals surface area contributed by atoms with E-state index in [1.807, 2.05) is 43.3 Å². The standard InChI is InChI=1S/C23H17ClN2O3S/c1-13-19(22(27)26-18-11-12-30-21(18)23(28)29-2)16-5-3-4-6-17(16)25-20(13)14-7-9-15(24)10-8-14/h3-12H,1-2H3,(H,26,27). The molecular weight excluding hydrogens is 420 g/mol. The van der Waals surface area contributed by atoms with Crippen LogP contribution < -0.4 is 5.32 Å². The maximum Gasteiger partial charge on any atom is 0.350 e. The Kier molecular flexibility index (Phi) is 5.53. The summed E-state index contributed by atoms with van der Waals surface area (Å²) in [7, 11) is 1.31. The number of thiophene rings is 1. The molecule has 4 aromatic rings. The summed E-state index contributed by atoms with van der Waals surface area (Å²) in [6.45, 7) is 1.87. The minimum absolute atomic E-state index is 0.315. The van der Waals surface area contributed by atoms with Crippen molar-refractivity contribution in [3.8, 4) is 11.3 Å². The molecule has 0 unspecified atom stereocenters. The number of halogens is 1. The minimum Gasteiger partial charge on any atom is -0.465 e. The van der Waals surface area contributed by atoms with Gasteiger partial charge in [-0.1, -0.05) is 41.9 Å². The Balaban J connectivity index is 1.84. The van der Waals surface area contributed by atoms with Crippen LogP contribution in [-0.2, 0) is 4.74 Å². The average Bonchev–Trinajstić information content (AvgIpc) is 3.21. The molecule has 0 atom stereocenters. The number of nitrogens with one attached hydrogen (secondary N) is 1. The van der Waals surface area contributed by atoms with Gasteiger partial charge in [-0.15, -0.1) is 11.3 Å². The molecule has 150 valence electrons. The first kappa shape index (κ1) is 20.1. The number of nitrogens with zero attached hydrogens (tertiary/aromatic N) is 1. The van der Waals surface area contributed by atoms with E-state index in [1.165, 1.54) is 18.4 Å². The number of hydrogen-bond acceptors (Lipinski definition) is 5. The summed E-state index contributed by atoms with van der Waals surface area (Å²) in [5.41, 5.74) is 3.94. The van der Waals surface area contributed by atoms with Crippen LogP contribution >= 0.6 is 22.9 Å². The van der Waals surface area contributed by atoms with Crippen LogP contribution in [0.4, 0.5) is 5.69 Å². The molecule has 2 aromatic carbocycles. The van der Waals surface area contributed by atoms with E-state index in [1.54, 1.807) is 23.6 Å². The Morgan fingerprint density at radius 2 is 1.80 bits per heavy atom. The number of pyridine rings is 1. The molecule has 1 amide bonds. The number of ether oxygens (including phenoxy) is 1. The lowest BCUT2D eigenvalue weighted by Crippen LogP contribution is -2.16. The van der Waals surface area contributed by atoms with E-state index >= 15 is 0 Å². The van der Waals surface area contributed by atoms with E-state index in [0.717, 1.165) is 16.5 Å². The van der Waals surface area contributed by atoms with E-state index in [0.29, 0.717) is 32.4 Å². The van der Waals surface area contributed by atoms with Crippen LogP contribution in [0.5, 0.6) is 0 Å². The Labute approximate surface area is 182 Å². The summed E-state index contributed by atoms with van der Waals surface area (Å²) in [4.78, 5) is 30.4. The molecule has 2 heterocycles. The number of carbonyl (C=O) groups excluding carboxylic acids is 2. The van der Waals surface area contributed by atoms with Gasteiger partial charge in [-0.2, -0.15) is 0 Å². The molecule has 0 spiro atoms. The van der Waals surface area contributed by atoms with Gasteiger partial charge >= 0.3 is 5.97 Å². The van der Waals surface area contributed by atoms with Gasteiger partial charge in [0.05, 0.1) is 29.6 Å². The lowest BCUT2D eigenvalue weighted by molar-refractivity contribution is 0.0607. The number of rotatable bonds is 4. The molecule has 4 rings (SSSR count). The number of benzene rings is 2. The molecule has 0 fully saturated rings. The highest BCUT2D eigenvalue weighted by atomic mass is 35.5. The maximum atomic E-state index is 13.3. The maximum absolute atomic E-state index is 13.3. The smallest absolute Gasteiger partial charge is 0.350 e. The molecule has 0 saturated carbocycles. The highest BCUT2D eigenvalue weighted by molar-refractivity contribution is 7.12. The van der Waals surface area contributed by atoms with E-state index < -0.39 is 5.97 Å². The third-order valence-electron chi connectivity index (χ3n) is 4.76. The SMILES string of the molecule is COC(=O)c1sccc1NC(=O)c1c(C)c(-c2ccc(Cl)cc2)nc2ccccc12. The minimum atomic E-state index is -0.488. The topological polar surface area (TPSA) is 68.3 Å². The molecule has 5 nitrogen and oxygen atoms in total. The van der Waals surface area contributed by atoms with Crippen LogP contribution in [0.1, 0.15) is 25.6 Å².